The van der Waals surface area contributed by atoms with E-state index in [-0.39, 0.29) is 23.0 Å². The maximum atomic E-state index is 11.4. The molecule has 0 aromatic heterocycles. The average Bonchev–Trinajstić information content (AvgIpc) is 2.31. The van der Waals surface area contributed by atoms with E-state index in [4.69, 9.17) is 9.88 Å². The van der Waals surface area contributed by atoms with Crippen LogP contribution >= 0.6 is 0 Å². The molecule has 0 unspecified atom stereocenters. The van der Waals surface area contributed by atoms with Gasteiger partial charge in [0, 0.05) is 5.75 Å². The Balaban J connectivity index is 2.93. The van der Waals surface area contributed by atoms with Gasteiger partial charge in [-0.3, -0.25) is 0 Å². The van der Waals surface area contributed by atoms with Crippen LogP contribution in [0.4, 0.5) is 0 Å². The number of nitrogens with two attached hydrogens (primary N) is 1. The lowest BCUT2D eigenvalue weighted by Crippen LogP contribution is -2.17. The maximum absolute atomic E-state index is 11.4. The predicted octanol–water partition coefficient (Wildman–Crippen LogP) is 0.764. The minimum Gasteiger partial charge on any atom is -0.492 e. The molecule has 1 aromatic carbocycles. The van der Waals surface area contributed by atoms with Crippen molar-refractivity contribution in [2.75, 3.05) is 18.1 Å². The van der Waals surface area contributed by atoms with Crippen molar-refractivity contribution in [2.45, 2.75) is 25.7 Å². The lowest BCUT2D eigenvalue weighted by atomic mass is 10.1. The third kappa shape index (κ3) is 4.46. The van der Waals surface area contributed by atoms with E-state index in [2.05, 4.69) is 0 Å². The summed E-state index contributed by atoms with van der Waals surface area (Å²) in [6.45, 7) is 4.98. The van der Waals surface area contributed by atoms with Crippen molar-refractivity contribution < 1.29 is 21.6 Å². The van der Waals surface area contributed by atoms with Gasteiger partial charge in [-0.2, -0.15) is 0 Å². The van der Waals surface area contributed by atoms with Crippen molar-refractivity contribution in [1.29, 1.82) is 0 Å². The molecule has 0 radical (unpaired) electrons. The van der Waals surface area contributed by atoms with Gasteiger partial charge in [-0.1, -0.05) is 6.92 Å². The zero-order chi connectivity index (χ0) is 15.6. The van der Waals surface area contributed by atoms with Crippen molar-refractivity contribution in [3.63, 3.8) is 0 Å². The SMILES string of the molecule is CCS(=O)(=O)CCOc1c(C)cc(S(N)(=O)=O)cc1C. The van der Waals surface area contributed by atoms with Gasteiger partial charge >= 0.3 is 0 Å². The predicted molar refractivity (Wildman–Crippen MR) is 77.1 cm³/mol. The van der Waals surface area contributed by atoms with E-state index >= 15 is 0 Å². The quantitative estimate of drug-likeness (QED) is 0.833. The molecule has 114 valence electrons. The van der Waals surface area contributed by atoms with Gasteiger partial charge < -0.3 is 4.74 Å². The van der Waals surface area contributed by atoms with Crippen molar-refractivity contribution in [3.05, 3.63) is 23.3 Å². The van der Waals surface area contributed by atoms with Gasteiger partial charge in [0.2, 0.25) is 10.0 Å². The first-order chi connectivity index (χ1) is 9.07. The Labute approximate surface area is 119 Å². The first-order valence-electron chi connectivity index (χ1n) is 6.04. The van der Waals surface area contributed by atoms with E-state index in [0.717, 1.165) is 0 Å². The van der Waals surface area contributed by atoms with Gasteiger partial charge in [-0.05, 0) is 37.1 Å². The molecule has 0 fully saturated rings. The van der Waals surface area contributed by atoms with Crippen molar-refractivity contribution in [1.82, 2.24) is 0 Å². The van der Waals surface area contributed by atoms with Crippen LogP contribution in [0.25, 0.3) is 0 Å². The molecule has 1 rings (SSSR count). The summed E-state index contributed by atoms with van der Waals surface area (Å²) in [4.78, 5) is 0.0148. The summed E-state index contributed by atoms with van der Waals surface area (Å²) in [7, 11) is -6.85. The molecule has 0 heterocycles. The molecule has 0 aliphatic heterocycles. The third-order valence-corrected chi connectivity index (χ3v) is 5.40. The zero-order valence-electron chi connectivity index (χ0n) is 11.7. The molecule has 20 heavy (non-hydrogen) atoms. The highest BCUT2D eigenvalue weighted by atomic mass is 32.2. The summed E-state index contributed by atoms with van der Waals surface area (Å²) < 4.78 is 50.8. The lowest BCUT2D eigenvalue weighted by Gasteiger charge is -2.13. The summed E-state index contributed by atoms with van der Waals surface area (Å²) in [6, 6.07) is 2.82. The molecule has 0 saturated carbocycles. The van der Waals surface area contributed by atoms with Crippen LogP contribution in [0.5, 0.6) is 5.75 Å². The number of sulfonamides is 1. The Hall–Kier alpha value is -1.12. The van der Waals surface area contributed by atoms with Gasteiger partial charge in [0.05, 0.1) is 10.6 Å². The molecule has 0 aliphatic rings. The van der Waals surface area contributed by atoms with Crippen molar-refractivity contribution in [2.24, 2.45) is 5.14 Å². The Bertz CT molecular complexity index is 670. The van der Waals surface area contributed by atoms with Crippen LogP contribution in [-0.2, 0) is 19.9 Å². The Morgan fingerprint density at radius 2 is 1.60 bits per heavy atom. The molecule has 8 heteroatoms. The fourth-order valence-corrected chi connectivity index (χ4v) is 3.03. The number of sulfone groups is 1. The maximum Gasteiger partial charge on any atom is 0.238 e. The highest BCUT2D eigenvalue weighted by molar-refractivity contribution is 7.91. The van der Waals surface area contributed by atoms with Crippen LogP contribution in [0.2, 0.25) is 0 Å². The second-order valence-corrected chi connectivity index (χ2v) is 8.55. The molecule has 0 saturated heterocycles. The third-order valence-electron chi connectivity index (χ3n) is 2.84. The van der Waals surface area contributed by atoms with Gasteiger partial charge in [0.25, 0.3) is 0 Å². The van der Waals surface area contributed by atoms with E-state index in [1.54, 1.807) is 20.8 Å². The molecule has 0 aliphatic carbocycles. The monoisotopic (exact) mass is 321 g/mol. The lowest BCUT2D eigenvalue weighted by molar-refractivity contribution is 0.336. The Morgan fingerprint density at radius 3 is 2.00 bits per heavy atom. The van der Waals surface area contributed by atoms with Crippen LogP contribution in [0.15, 0.2) is 17.0 Å². The molecule has 6 nitrogen and oxygen atoms in total. The number of primary sulfonamides is 1. The summed E-state index contributed by atoms with van der Waals surface area (Å²) in [6.07, 6.45) is 0. The minimum absolute atomic E-state index is 0.0148. The largest absolute Gasteiger partial charge is 0.492 e. The first-order valence-corrected chi connectivity index (χ1v) is 9.41. The molecule has 2 N–H and O–H groups in total. The topological polar surface area (TPSA) is 104 Å². The highest BCUT2D eigenvalue weighted by Gasteiger charge is 2.14. The number of aryl methyl sites for hydroxylation is 2. The minimum atomic E-state index is -3.76. The molecule has 0 bridgehead atoms. The first kappa shape index (κ1) is 16.9. The van der Waals surface area contributed by atoms with Crippen LogP contribution in [-0.4, -0.2) is 34.9 Å². The zero-order valence-corrected chi connectivity index (χ0v) is 13.3. The van der Waals surface area contributed by atoms with Crippen molar-refractivity contribution in [3.8, 4) is 5.75 Å². The molecule has 1 aromatic rings. The molecular weight excluding hydrogens is 302 g/mol. The van der Waals surface area contributed by atoms with Crippen molar-refractivity contribution >= 4 is 19.9 Å². The van der Waals surface area contributed by atoms with Gasteiger partial charge in [0.15, 0.2) is 9.84 Å². The number of rotatable bonds is 6. The second-order valence-electron chi connectivity index (χ2n) is 4.52. The van der Waals surface area contributed by atoms with E-state index < -0.39 is 19.9 Å². The fourth-order valence-electron chi connectivity index (χ4n) is 1.72. The van der Waals surface area contributed by atoms with Crippen LogP contribution in [0.1, 0.15) is 18.1 Å². The van der Waals surface area contributed by atoms with Crippen LogP contribution in [0, 0.1) is 13.8 Å². The highest BCUT2D eigenvalue weighted by Crippen LogP contribution is 2.26. The van der Waals surface area contributed by atoms with Gasteiger partial charge in [-0.15, -0.1) is 0 Å². The van der Waals surface area contributed by atoms with E-state index in [1.165, 1.54) is 12.1 Å². The number of benzene rings is 1. The summed E-state index contributed by atoms with van der Waals surface area (Å²) in [5.41, 5.74) is 1.20. The van der Waals surface area contributed by atoms with E-state index in [1.807, 2.05) is 0 Å². The number of hydrogen-bond donors (Lipinski definition) is 1. The van der Waals surface area contributed by atoms with Gasteiger partial charge in [-0.25, -0.2) is 22.0 Å². The van der Waals surface area contributed by atoms with E-state index in [9.17, 15) is 16.8 Å². The summed E-state index contributed by atoms with van der Waals surface area (Å²) >= 11 is 0. The molecule has 0 spiro atoms. The fraction of sp³-hybridized carbons (Fsp3) is 0.500. The summed E-state index contributed by atoms with van der Waals surface area (Å²) in [5, 5.41) is 5.07. The molecular formula is C12H19NO5S2. The van der Waals surface area contributed by atoms with Crippen LogP contribution in [0.3, 0.4) is 0 Å². The average molecular weight is 321 g/mol. The Kier molecular flexibility index (Phi) is 5.17. The molecule has 0 atom stereocenters. The normalized spacial score (nSPS) is 12.4. The van der Waals surface area contributed by atoms with Gasteiger partial charge in [0.1, 0.15) is 12.4 Å². The second kappa shape index (κ2) is 6.11. The number of ether oxygens (including phenoxy) is 1. The standard InChI is InChI=1S/C12H19NO5S2/c1-4-19(14,15)6-5-18-12-9(2)7-11(8-10(12)3)20(13,16)17/h7-8H,4-6H2,1-3H3,(H2,13,16,17). The van der Waals surface area contributed by atoms with E-state index in [0.29, 0.717) is 16.9 Å². The van der Waals surface area contributed by atoms with Crippen LogP contribution < -0.4 is 9.88 Å². The smallest absolute Gasteiger partial charge is 0.238 e. The molecule has 0 amide bonds. The number of hydrogen-bond acceptors (Lipinski definition) is 5. The summed E-state index contributed by atoms with van der Waals surface area (Å²) in [5.74, 6) is 0.488. The Morgan fingerprint density at radius 1 is 1.10 bits per heavy atom.